The van der Waals surface area contributed by atoms with Gasteiger partial charge in [0.1, 0.15) is 0 Å². The molecule has 2 saturated heterocycles. The summed E-state index contributed by atoms with van der Waals surface area (Å²) in [6.45, 7) is 1.51. The SMILES string of the molecule is O=C(c1ccc(N2CCCC2=O)cc1)N1CCC(C(=O)O)(c2ccccc2)CC1. The lowest BCUT2D eigenvalue weighted by molar-refractivity contribution is -0.145. The van der Waals surface area contributed by atoms with Gasteiger partial charge < -0.3 is 14.9 Å². The number of piperidine rings is 1. The van der Waals surface area contributed by atoms with Crippen molar-refractivity contribution in [3.05, 3.63) is 65.7 Å². The van der Waals surface area contributed by atoms with E-state index in [1.165, 1.54) is 0 Å². The minimum absolute atomic E-state index is 0.101. The molecule has 0 saturated carbocycles. The first-order valence-electron chi connectivity index (χ1n) is 10.00. The van der Waals surface area contributed by atoms with Gasteiger partial charge in [0.25, 0.3) is 5.91 Å². The van der Waals surface area contributed by atoms with E-state index in [-0.39, 0.29) is 11.8 Å². The normalized spacial score (nSPS) is 18.7. The quantitative estimate of drug-likeness (QED) is 0.867. The molecular weight excluding hydrogens is 368 g/mol. The summed E-state index contributed by atoms with van der Waals surface area (Å²) in [5.74, 6) is -0.821. The second-order valence-electron chi connectivity index (χ2n) is 7.74. The summed E-state index contributed by atoms with van der Waals surface area (Å²) < 4.78 is 0. The molecule has 0 aliphatic carbocycles. The van der Waals surface area contributed by atoms with Crippen molar-refractivity contribution < 1.29 is 19.5 Å². The molecule has 2 amide bonds. The van der Waals surface area contributed by atoms with Crippen LogP contribution in [0.2, 0.25) is 0 Å². The van der Waals surface area contributed by atoms with Gasteiger partial charge in [-0.1, -0.05) is 30.3 Å². The Morgan fingerprint density at radius 1 is 0.897 bits per heavy atom. The molecule has 1 N–H and O–H groups in total. The number of carbonyl (C=O) groups excluding carboxylic acids is 2. The number of nitrogens with zero attached hydrogens (tertiary/aromatic N) is 2. The third-order valence-corrected chi connectivity index (χ3v) is 6.14. The fourth-order valence-corrected chi connectivity index (χ4v) is 4.36. The second kappa shape index (κ2) is 7.70. The van der Waals surface area contributed by atoms with Gasteiger partial charge in [0.05, 0.1) is 5.41 Å². The largest absolute Gasteiger partial charge is 0.481 e. The number of benzene rings is 2. The zero-order valence-electron chi connectivity index (χ0n) is 16.2. The number of anilines is 1. The van der Waals surface area contributed by atoms with E-state index >= 15 is 0 Å². The maximum atomic E-state index is 12.9. The lowest BCUT2D eigenvalue weighted by Crippen LogP contribution is -2.49. The van der Waals surface area contributed by atoms with Crippen LogP contribution in [-0.2, 0) is 15.0 Å². The number of aliphatic carboxylic acids is 1. The van der Waals surface area contributed by atoms with Crippen molar-refractivity contribution in [2.24, 2.45) is 0 Å². The summed E-state index contributed by atoms with van der Waals surface area (Å²) in [5, 5.41) is 9.90. The molecule has 4 rings (SSSR count). The summed E-state index contributed by atoms with van der Waals surface area (Å²) in [6.07, 6.45) is 2.21. The van der Waals surface area contributed by atoms with Crippen molar-refractivity contribution in [2.45, 2.75) is 31.1 Å². The van der Waals surface area contributed by atoms with E-state index in [0.29, 0.717) is 37.9 Å². The zero-order valence-corrected chi connectivity index (χ0v) is 16.2. The van der Waals surface area contributed by atoms with Crippen LogP contribution in [0, 0.1) is 0 Å². The molecule has 6 nitrogen and oxygen atoms in total. The van der Waals surface area contributed by atoms with Gasteiger partial charge in [-0.15, -0.1) is 0 Å². The maximum absolute atomic E-state index is 12.9. The van der Waals surface area contributed by atoms with Gasteiger partial charge in [-0.2, -0.15) is 0 Å². The summed E-state index contributed by atoms with van der Waals surface area (Å²) in [5.41, 5.74) is 1.22. The Bertz CT molecular complexity index is 916. The topological polar surface area (TPSA) is 77.9 Å². The van der Waals surface area contributed by atoms with Crippen molar-refractivity contribution in [1.82, 2.24) is 4.90 Å². The molecule has 2 aromatic carbocycles. The molecule has 0 aromatic heterocycles. The molecular formula is C23H24N2O4. The second-order valence-corrected chi connectivity index (χ2v) is 7.74. The van der Waals surface area contributed by atoms with Gasteiger partial charge in [0.2, 0.25) is 5.91 Å². The molecule has 150 valence electrons. The number of likely N-dealkylation sites (tertiary alicyclic amines) is 1. The number of rotatable bonds is 4. The highest BCUT2D eigenvalue weighted by Gasteiger charge is 2.43. The minimum atomic E-state index is -0.946. The summed E-state index contributed by atoms with van der Waals surface area (Å²) in [4.78, 5) is 40.3. The first-order valence-corrected chi connectivity index (χ1v) is 10.00. The van der Waals surface area contributed by atoms with E-state index in [0.717, 1.165) is 24.2 Å². The van der Waals surface area contributed by atoms with Crippen molar-refractivity contribution in [1.29, 1.82) is 0 Å². The molecule has 29 heavy (non-hydrogen) atoms. The molecule has 2 fully saturated rings. The zero-order chi connectivity index (χ0) is 20.4. The third kappa shape index (κ3) is 3.50. The third-order valence-electron chi connectivity index (χ3n) is 6.14. The van der Waals surface area contributed by atoms with Crippen molar-refractivity contribution in [3.8, 4) is 0 Å². The molecule has 6 heteroatoms. The molecule has 0 spiro atoms. The van der Waals surface area contributed by atoms with Crippen LogP contribution in [0.15, 0.2) is 54.6 Å². The van der Waals surface area contributed by atoms with Gasteiger partial charge in [0, 0.05) is 37.3 Å². The summed E-state index contributed by atoms with van der Waals surface area (Å²) in [6, 6.07) is 16.4. The van der Waals surface area contributed by atoms with Crippen molar-refractivity contribution in [2.75, 3.05) is 24.5 Å². The fourth-order valence-electron chi connectivity index (χ4n) is 4.36. The van der Waals surface area contributed by atoms with Crippen LogP contribution < -0.4 is 4.90 Å². The highest BCUT2D eigenvalue weighted by Crippen LogP contribution is 2.36. The van der Waals surface area contributed by atoms with Gasteiger partial charge in [-0.05, 0) is 49.1 Å². The van der Waals surface area contributed by atoms with Crippen LogP contribution in [0.3, 0.4) is 0 Å². The van der Waals surface area contributed by atoms with Crippen LogP contribution in [0.5, 0.6) is 0 Å². The van der Waals surface area contributed by atoms with Gasteiger partial charge in [-0.3, -0.25) is 14.4 Å². The van der Waals surface area contributed by atoms with Crippen LogP contribution in [0.1, 0.15) is 41.6 Å². The molecule has 2 aliphatic heterocycles. The smallest absolute Gasteiger partial charge is 0.314 e. The average molecular weight is 392 g/mol. The Balaban J connectivity index is 1.46. The molecule has 2 aliphatic rings. The number of carboxylic acid groups (broad SMARTS) is 1. The Morgan fingerprint density at radius 3 is 2.10 bits per heavy atom. The first-order chi connectivity index (χ1) is 14.0. The van der Waals surface area contributed by atoms with E-state index in [1.807, 2.05) is 42.5 Å². The van der Waals surface area contributed by atoms with Gasteiger partial charge >= 0.3 is 5.97 Å². The van der Waals surface area contributed by atoms with Crippen molar-refractivity contribution in [3.63, 3.8) is 0 Å². The van der Waals surface area contributed by atoms with Gasteiger partial charge in [-0.25, -0.2) is 0 Å². The minimum Gasteiger partial charge on any atom is -0.481 e. The molecule has 0 bridgehead atoms. The Hall–Kier alpha value is -3.15. The van der Waals surface area contributed by atoms with Crippen LogP contribution in [0.4, 0.5) is 5.69 Å². The average Bonchev–Trinajstić information content (AvgIpc) is 3.20. The predicted molar refractivity (Wildman–Crippen MR) is 109 cm³/mol. The van der Waals surface area contributed by atoms with Crippen LogP contribution in [0.25, 0.3) is 0 Å². The Labute approximate surface area is 169 Å². The molecule has 0 atom stereocenters. The fraction of sp³-hybridized carbons (Fsp3) is 0.348. The monoisotopic (exact) mass is 392 g/mol. The van der Waals surface area contributed by atoms with Crippen LogP contribution in [-0.4, -0.2) is 47.4 Å². The number of carboxylic acids is 1. The number of carbonyl (C=O) groups is 3. The van der Waals surface area contributed by atoms with E-state index in [2.05, 4.69) is 0 Å². The van der Waals surface area contributed by atoms with E-state index in [4.69, 9.17) is 0 Å². The number of amides is 2. The summed E-state index contributed by atoms with van der Waals surface area (Å²) in [7, 11) is 0. The predicted octanol–water partition coefficient (Wildman–Crippen LogP) is 3.07. The Kier molecular flexibility index (Phi) is 5.09. The molecule has 2 heterocycles. The molecule has 2 aromatic rings. The van der Waals surface area contributed by atoms with E-state index < -0.39 is 11.4 Å². The van der Waals surface area contributed by atoms with E-state index in [1.54, 1.807) is 21.9 Å². The number of hydrogen-bond donors (Lipinski definition) is 1. The lowest BCUT2D eigenvalue weighted by atomic mass is 9.73. The Morgan fingerprint density at radius 2 is 1.55 bits per heavy atom. The van der Waals surface area contributed by atoms with Crippen LogP contribution >= 0.6 is 0 Å². The maximum Gasteiger partial charge on any atom is 0.314 e. The molecule has 0 unspecified atom stereocenters. The first kappa shape index (κ1) is 19.2. The lowest BCUT2D eigenvalue weighted by Gasteiger charge is -2.39. The number of hydrogen-bond acceptors (Lipinski definition) is 3. The molecule has 0 radical (unpaired) electrons. The standard InChI is InChI=1S/C23H24N2O4/c26-20-7-4-14-25(20)19-10-8-17(9-11-19)21(27)24-15-12-23(13-16-24,22(28)29)18-5-2-1-3-6-18/h1-3,5-6,8-11H,4,7,12-16H2,(H,28,29). The van der Waals surface area contributed by atoms with E-state index in [9.17, 15) is 19.5 Å². The highest BCUT2D eigenvalue weighted by molar-refractivity contribution is 5.97. The van der Waals surface area contributed by atoms with Crippen molar-refractivity contribution >= 4 is 23.5 Å². The van der Waals surface area contributed by atoms with Gasteiger partial charge in [0.15, 0.2) is 0 Å². The highest BCUT2D eigenvalue weighted by atomic mass is 16.4. The summed E-state index contributed by atoms with van der Waals surface area (Å²) >= 11 is 0.